The average molecular weight is 369 g/mol. The Bertz CT molecular complexity index is 994. The highest BCUT2D eigenvalue weighted by atomic mass is 35.5. The molecule has 132 valence electrons. The first kappa shape index (κ1) is 18.2. The molecule has 0 atom stereocenters. The molecule has 0 amide bonds. The lowest BCUT2D eigenvalue weighted by atomic mass is 10.2. The normalized spacial score (nSPS) is 10.5. The second kappa shape index (κ2) is 6.77. The van der Waals surface area contributed by atoms with Crippen molar-refractivity contribution >= 4 is 28.9 Å². The molecule has 0 fully saturated rings. The number of nitro groups is 1. The number of hydrogen-bond acceptors (Lipinski definition) is 7. The summed E-state index contributed by atoms with van der Waals surface area (Å²) < 4.78 is 6.93. The molecule has 0 spiro atoms. The van der Waals surface area contributed by atoms with Crippen LogP contribution < -0.4 is 21.7 Å². The number of ether oxygens (including phenoxy) is 1. The molecule has 1 aromatic heterocycles. The summed E-state index contributed by atoms with van der Waals surface area (Å²) in [6, 6.07) is 3.46. The van der Waals surface area contributed by atoms with E-state index in [0.29, 0.717) is 0 Å². The van der Waals surface area contributed by atoms with Crippen molar-refractivity contribution in [1.29, 1.82) is 0 Å². The summed E-state index contributed by atoms with van der Waals surface area (Å²) in [6.45, 7) is -0.588. The molecule has 10 nitrogen and oxygen atoms in total. The quantitative estimate of drug-likeness (QED) is 0.460. The molecule has 0 aliphatic heterocycles. The van der Waals surface area contributed by atoms with Gasteiger partial charge in [-0.15, -0.1) is 0 Å². The molecule has 1 aromatic carbocycles. The van der Waals surface area contributed by atoms with Crippen molar-refractivity contribution in [2.24, 2.45) is 14.1 Å². The van der Waals surface area contributed by atoms with E-state index in [1.54, 1.807) is 0 Å². The molecule has 0 aliphatic rings. The van der Waals surface area contributed by atoms with Crippen molar-refractivity contribution in [2.45, 2.75) is 0 Å². The number of carbonyl (C=O) groups is 1. The Morgan fingerprint density at radius 3 is 2.52 bits per heavy atom. The van der Waals surface area contributed by atoms with Gasteiger partial charge in [0.15, 0.2) is 6.61 Å². The largest absolute Gasteiger partial charge is 0.484 e. The standard InChI is InChI=1S/C14H13ClN4O6/c1-17-12(16)11(13(21)18(2)14(17)22)9(20)6-25-10-4-3-7(19(23)24)5-8(10)15/h3-5H,6,16H2,1-2H3. The number of carbonyl (C=O) groups excluding carboxylic acids is 1. The molecule has 2 aromatic rings. The molecule has 0 saturated carbocycles. The molecule has 0 aliphatic carbocycles. The van der Waals surface area contributed by atoms with Crippen molar-refractivity contribution in [3.05, 3.63) is 59.7 Å². The van der Waals surface area contributed by atoms with Gasteiger partial charge in [0.1, 0.15) is 17.1 Å². The lowest BCUT2D eigenvalue weighted by Gasteiger charge is -2.11. The predicted octanol–water partition coefficient (Wildman–Crippen LogP) is 0.489. The van der Waals surface area contributed by atoms with E-state index in [9.17, 15) is 24.5 Å². The van der Waals surface area contributed by atoms with Crippen LogP contribution in [0.5, 0.6) is 5.75 Å². The molecule has 2 N–H and O–H groups in total. The summed E-state index contributed by atoms with van der Waals surface area (Å²) in [7, 11) is 2.54. The van der Waals surface area contributed by atoms with Gasteiger partial charge in [-0.05, 0) is 6.07 Å². The number of ketones is 1. The maximum absolute atomic E-state index is 12.3. The second-order valence-electron chi connectivity index (χ2n) is 5.05. The van der Waals surface area contributed by atoms with E-state index in [4.69, 9.17) is 22.1 Å². The first-order valence-electron chi connectivity index (χ1n) is 6.80. The minimum Gasteiger partial charge on any atom is -0.484 e. The van der Waals surface area contributed by atoms with E-state index in [1.165, 1.54) is 20.2 Å². The zero-order valence-corrected chi connectivity index (χ0v) is 13.9. The minimum absolute atomic E-state index is 0.0285. The van der Waals surface area contributed by atoms with Gasteiger partial charge in [-0.1, -0.05) is 11.6 Å². The minimum atomic E-state index is -0.844. The average Bonchev–Trinajstić information content (AvgIpc) is 2.57. The number of hydrogen-bond donors (Lipinski definition) is 1. The van der Waals surface area contributed by atoms with Gasteiger partial charge in [-0.25, -0.2) is 4.79 Å². The molecule has 0 bridgehead atoms. The smallest absolute Gasteiger partial charge is 0.332 e. The van der Waals surface area contributed by atoms with Crippen LogP contribution in [0.1, 0.15) is 10.4 Å². The SMILES string of the molecule is Cn1c(N)c(C(=O)COc2ccc([N+](=O)[O-])cc2Cl)c(=O)n(C)c1=O. The van der Waals surface area contributed by atoms with Crippen molar-refractivity contribution in [3.63, 3.8) is 0 Å². The predicted molar refractivity (Wildman–Crippen MR) is 89.3 cm³/mol. The fourth-order valence-electron chi connectivity index (χ4n) is 2.06. The first-order valence-corrected chi connectivity index (χ1v) is 7.18. The number of non-ortho nitro benzene ring substituents is 1. The molecule has 0 unspecified atom stereocenters. The van der Waals surface area contributed by atoms with Gasteiger partial charge in [-0.2, -0.15) is 0 Å². The van der Waals surface area contributed by atoms with Gasteiger partial charge < -0.3 is 10.5 Å². The zero-order valence-electron chi connectivity index (χ0n) is 13.2. The third-order valence-corrected chi connectivity index (χ3v) is 3.77. The fraction of sp³-hybridized carbons (Fsp3) is 0.214. The molecule has 2 rings (SSSR count). The number of nitrogens with zero attached hydrogens (tertiary/aromatic N) is 3. The zero-order chi connectivity index (χ0) is 18.9. The van der Waals surface area contributed by atoms with Crippen LogP contribution in [-0.4, -0.2) is 26.4 Å². The van der Waals surface area contributed by atoms with E-state index < -0.39 is 28.6 Å². The molecule has 0 saturated heterocycles. The number of aromatic nitrogens is 2. The fourth-order valence-corrected chi connectivity index (χ4v) is 2.29. The van der Waals surface area contributed by atoms with Gasteiger partial charge >= 0.3 is 5.69 Å². The summed E-state index contributed by atoms with van der Waals surface area (Å²) in [5, 5.41) is 10.6. The van der Waals surface area contributed by atoms with Crippen molar-refractivity contribution in [3.8, 4) is 5.75 Å². The van der Waals surface area contributed by atoms with Crippen molar-refractivity contribution in [2.75, 3.05) is 12.3 Å². The van der Waals surface area contributed by atoms with Crippen LogP contribution in [0.4, 0.5) is 11.5 Å². The Morgan fingerprint density at radius 1 is 1.32 bits per heavy atom. The van der Waals surface area contributed by atoms with Crippen LogP contribution in [0, 0.1) is 10.1 Å². The summed E-state index contributed by atoms with van der Waals surface area (Å²) in [6.07, 6.45) is 0. The monoisotopic (exact) mass is 368 g/mol. The number of nitrogens with two attached hydrogens (primary N) is 1. The van der Waals surface area contributed by atoms with Gasteiger partial charge in [0.25, 0.3) is 11.2 Å². The Labute approximate surface area is 145 Å². The molecule has 0 radical (unpaired) electrons. The van der Waals surface area contributed by atoms with Crippen molar-refractivity contribution in [1.82, 2.24) is 9.13 Å². The maximum atomic E-state index is 12.3. The Balaban J connectivity index is 2.29. The number of anilines is 1. The van der Waals surface area contributed by atoms with Gasteiger partial charge in [-0.3, -0.25) is 28.8 Å². The second-order valence-corrected chi connectivity index (χ2v) is 5.46. The van der Waals surface area contributed by atoms with Crippen LogP contribution in [0.15, 0.2) is 27.8 Å². The van der Waals surface area contributed by atoms with Gasteiger partial charge in [0.2, 0.25) is 5.78 Å². The Hall–Kier alpha value is -3.14. The lowest BCUT2D eigenvalue weighted by Crippen LogP contribution is -2.42. The molecular weight excluding hydrogens is 356 g/mol. The Kier molecular flexibility index (Phi) is 4.93. The molecule has 25 heavy (non-hydrogen) atoms. The van der Waals surface area contributed by atoms with Crippen LogP contribution in [0.3, 0.4) is 0 Å². The van der Waals surface area contributed by atoms with Crippen LogP contribution >= 0.6 is 11.6 Å². The van der Waals surface area contributed by atoms with E-state index in [2.05, 4.69) is 0 Å². The third-order valence-electron chi connectivity index (χ3n) is 3.47. The van der Waals surface area contributed by atoms with E-state index >= 15 is 0 Å². The van der Waals surface area contributed by atoms with Crippen molar-refractivity contribution < 1.29 is 14.5 Å². The third kappa shape index (κ3) is 3.38. The topological polar surface area (TPSA) is 139 Å². The number of halogens is 1. The summed E-state index contributed by atoms with van der Waals surface area (Å²) in [4.78, 5) is 46.1. The number of nitrogen functional groups attached to an aromatic ring is 1. The highest BCUT2D eigenvalue weighted by Gasteiger charge is 2.21. The first-order chi connectivity index (χ1) is 11.6. The van der Waals surface area contributed by atoms with Crippen LogP contribution in [0.25, 0.3) is 0 Å². The van der Waals surface area contributed by atoms with E-state index in [0.717, 1.165) is 21.3 Å². The van der Waals surface area contributed by atoms with E-state index in [1.807, 2.05) is 0 Å². The number of Topliss-reactive ketones (excluding diaryl/α,β-unsaturated/α-hetero) is 1. The number of nitro benzene ring substituents is 1. The summed E-state index contributed by atoms with van der Waals surface area (Å²) in [5.74, 6) is -1.01. The van der Waals surface area contributed by atoms with Crippen LogP contribution in [0.2, 0.25) is 5.02 Å². The molecular formula is C14H13ClN4O6. The number of benzene rings is 1. The van der Waals surface area contributed by atoms with E-state index in [-0.39, 0.29) is 27.8 Å². The number of rotatable bonds is 5. The summed E-state index contributed by atoms with van der Waals surface area (Å²) in [5.41, 5.74) is 3.54. The molecule has 1 heterocycles. The Morgan fingerprint density at radius 2 is 1.96 bits per heavy atom. The highest BCUT2D eigenvalue weighted by Crippen LogP contribution is 2.28. The van der Waals surface area contributed by atoms with Crippen LogP contribution in [-0.2, 0) is 14.1 Å². The van der Waals surface area contributed by atoms with Gasteiger partial charge in [0.05, 0.1) is 9.95 Å². The maximum Gasteiger partial charge on any atom is 0.332 e. The molecule has 11 heteroatoms. The summed E-state index contributed by atoms with van der Waals surface area (Å²) >= 11 is 5.86. The lowest BCUT2D eigenvalue weighted by molar-refractivity contribution is -0.384. The highest BCUT2D eigenvalue weighted by molar-refractivity contribution is 6.32. The van der Waals surface area contributed by atoms with Gasteiger partial charge in [0, 0.05) is 26.2 Å².